The van der Waals surface area contributed by atoms with Gasteiger partial charge < -0.3 is 20.2 Å². The number of nitrogens with two attached hydrogens (primary N) is 1. The molecule has 1 aromatic heterocycles. The SMILES string of the molecule is COC(=O)c1ccc(NC(=O)c2ccco2)c(N)c1. The highest BCUT2D eigenvalue weighted by Crippen LogP contribution is 2.21. The van der Waals surface area contributed by atoms with Crippen molar-refractivity contribution >= 4 is 23.3 Å². The van der Waals surface area contributed by atoms with E-state index in [2.05, 4.69) is 10.1 Å². The van der Waals surface area contributed by atoms with Gasteiger partial charge in [-0.1, -0.05) is 0 Å². The fourth-order valence-corrected chi connectivity index (χ4v) is 1.51. The average Bonchev–Trinajstić information content (AvgIpc) is 2.94. The van der Waals surface area contributed by atoms with Crippen LogP contribution in [0.2, 0.25) is 0 Å². The molecule has 98 valence electrons. The maximum Gasteiger partial charge on any atom is 0.337 e. The highest BCUT2D eigenvalue weighted by Gasteiger charge is 2.12. The van der Waals surface area contributed by atoms with Gasteiger partial charge in [-0.05, 0) is 30.3 Å². The summed E-state index contributed by atoms with van der Waals surface area (Å²) in [5.74, 6) is -0.727. The van der Waals surface area contributed by atoms with Gasteiger partial charge in [-0.3, -0.25) is 4.79 Å². The van der Waals surface area contributed by atoms with Crippen LogP contribution in [0.3, 0.4) is 0 Å². The smallest absolute Gasteiger partial charge is 0.337 e. The Morgan fingerprint density at radius 1 is 1.32 bits per heavy atom. The number of esters is 1. The van der Waals surface area contributed by atoms with E-state index in [0.717, 1.165) is 0 Å². The van der Waals surface area contributed by atoms with Crippen molar-refractivity contribution < 1.29 is 18.7 Å². The number of amides is 1. The summed E-state index contributed by atoms with van der Waals surface area (Å²) >= 11 is 0. The number of nitrogen functional groups attached to an aromatic ring is 1. The second kappa shape index (κ2) is 5.26. The average molecular weight is 260 g/mol. The minimum atomic E-state index is -0.490. The molecule has 1 amide bonds. The minimum absolute atomic E-state index is 0.177. The van der Waals surface area contributed by atoms with Gasteiger partial charge in [0.25, 0.3) is 5.91 Å². The Morgan fingerprint density at radius 2 is 2.11 bits per heavy atom. The van der Waals surface area contributed by atoms with E-state index >= 15 is 0 Å². The molecular formula is C13H12N2O4. The van der Waals surface area contributed by atoms with Crippen molar-refractivity contribution in [2.75, 3.05) is 18.2 Å². The molecule has 0 saturated carbocycles. The zero-order valence-corrected chi connectivity index (χ0v) is 10.2. The van der Waals surface area contributed by atoms with Crippen LogP contribution in [0.4, 0.5) is 11.4 Å². The molecule has 0 bridgehead atoms. The molecule has 0 saturated heterocycles. The molecule has 2 aromatic rings. The van der Waals surface area contributed by atoms with E-state index in [1.807, 2.05) is 0 Å². The van der Waals surface area contributed by atoms with Gasteiger partial charge >= 0.3 is 5.97 Å². The zero-order chi connectivity index (χ0) is 13.8. The quantitative estimate of drug-likeness (QED) is 0.649. The Labute approximate surface area is 109 Å². The topological polar surface area (TPSA) is 94.6 Å². The van der Waals surface area contributed by atoms with Gasteiger partial charge in [-0.25, -0.2) is 4.79 Å². The first-order valence-corrected chi connectivity index (χ1v) is 5.44. The summed E-state index contributed by atoms with van der Waals surface area (Å²) in [7, 11) is 1.28. The summed E-state index contributed by atoms with van der Waals surface area (Å²) in [5, 5.41) is 2.59. The van der Waals surface area contributed by atoms with Crippen LogP contribution in [0.25, 0.3) is 0 Å². The molecule has 0 aliphatic heterocycles. The molecule has 2 rings (SSSR count). The molecule has 19 heavy (non-hydrogen) atoms. The normalized spacial score (nSPS) is 9.95. The van der Waals surface area contributed by atoms with E-state index in [9.17, 15) is 9.59 Å². The van der Waals surface area contributed by atoms with Crippen molar-refractivity contribution in [3.8, 4) is 0 Å². The number of carbonyl (C=O) groups is 2. The molecule has 0 aliphatic rings. The number of carbonyl (C=O) groups excluding carboxylic acids is 2. The number of nitrogens with one attached hydrogen (secondary N) is 1. The molecule has 0 fully saturated rings. The second-order valence-electron chi connectivity index (χ2n) is 3.73. The molecule has 1 heterocycles. The summed E-state index contributed by atoms with van der Waals surface area (Å²) in [6, 6.07) is 7.62. The van der Waals surface area contributed by atoms with Crippen LogP contribution in [-0.2, 0) is 4.74 Å². The predicted molar refractivity (Wildman–Crippen MR) is 68.9 cm³/mol. The molecular weight excluding hydrogens is 248 g/mol. The summed E-state index contributed by atoms with van der Waals surface area (Å²) in [4.78, 5) is 23.1. The van der Waals surface area contributed by atoms with Gasteiger partial charge in [0.15, 0.2) is 5.76 Å². The monoisotopic (exact) mass is 260 g/mol. The van der Waals surface area contributed by atoms with Gasteiger partial charge in [-0.15, -0.1) is 0 Å². The summed E-state index contributed by atoms with van der Waals surface area (Å²) in [5.41, 5.74) is 6.74. The van der Waals surface area contributed by atoms with E-state index < -0.39 is 11.9 Å². The highest BCUT2D eigenvalue weighted by atomic mass is 16.5. The second-order valence-corrected chi connectivity index (χ2v) is 3.73. The lowest BCUT2D eigenvalue weighted by molar-refractivity contribution is 0.0600. The molecule has 1 aromatic carbocycles. The van der Waals surface area contributed by atoms with Crippen molar-refractivity contribution in [3.63, 3.8) is 0 Å². The van der Waals surface area contributed by atoms with Crippen molar-refractivity contribution in [3.05, 3.63) is 47.9 Å². The fraction of sp³-hybridized carbons (Fsp3) is 0.0769. The number of anilines is 2. The number of rotatable bonds is 3. The molecule has 0 unspecified atom stereocenters. The first kappa shape index (κ1) is 12.7. The van der Waals surface area contributed by atoms with Crippen LogP contribution in [0, 0.1) is 0 Å². The molecule has 6 heteroatoms. The molecule has 6 nitrogen and oxygen atoms in total. The highest BCUT2D eigenvalue weighted by molar-refractivity contribution is 6.04. The predicted octanol–water partition coefficient (Wildman–Crippen LogP) is 1.90. The lowest BCUT2D eigenvalue weighted by Gasteiger charge is -2.08. The van der Waals surface area contributed by atoms with Crippen LogP contribution in [0.15, 0.2) is 41.0 Å². The van der Waals surface area contributed by atoms with E-state index in [1.165, 1.54) is 37.6 Å². The Bertz CT molecular complexity index is 605. The van der Waals surface area contributed by atoms with E-state index in [-0.39, 0.29) is 11.4 Å². The van der Waals surface area contributed by atoms with Crippen LogP contribution in [0.1, 0.15) is 20.9 Å². The molecule has 3 N–H and O–H groups in total. The van der Waals surface area contributed by atoms with Gasteiger partial charge in [0.2, 0.25) is 0 Å². The Morgan fingerprint density at radius 3 is 2.68 bits per heavy atom. The standard InChI is InChI=1S/C13H12N2O4/c1-18-13(17)8-4-5-10(9(14)7-8)15-12(16)11-3-2-6-19-11/h2-7H,14H2,1H3,(H,15,16). The first-order valence-electron chi connectivity index (χ1n) is 5.44. The van der Waals surface area contributed by atoms with Crippen LogP contribution in [-0.4, -0.2) is 19.0 Å². The lowest BCUT2D eigenvalue weighted by Crippen LogP contribution is -2.13. The molecule has 0 radical (unpaired) electrons. The van der Waals surface area contributed by atoms with Gasteiger partial charge in [0.05, 0.1) is 30.3 Å². The summed E-state index contributed by atoms with van der Waals surface area (Å²) in [6.45, 7) is 0. The van der Waals surface area contributed by atoms with E-state index in [4.69, 9.17) is 10.2 Å². The number of methoxy groups -OCH3 is 1. The van der Waals surface area contributed by atoms with Crippen LogP contribution in [0.5, 0.6) is 0 Å². The van der Waals surface area contributed by atoms with Crippen LogP contribution >= 0.6 is 0 Å². The Hall–Kier alpha value is -2.76. The van der Waals surface area contributed by atoms with E-state index in [0.29, 0.717) is 11.3 Å². The number of ether oxygens (including phenoxy) is 1. The summed E-state index contributed by atoms with van der Waals surface area (Å²) in [6.07, 6.45) is 1.40. The molecule has 0 aliphatic carbocycles. The zero-order valence-electron chi connectivity index (χ0n) is 10.2. The number of furan rings is 1. The third-order valence-electron chi connectivity index (χ3n) is 2.47. The first-order chi connectivity index (χ1) is 9.11. The fourth-order valence-electron chi connectivity index (χ4n) is 1.51. The van der Waals surface area contributed by atoms with Crippen molar-refractivity contribution in [1.82, 2.24) is 0 Å². The molecule has 0 atom stereocenters. The maximum atomic E-state index is 11.8. The number of benzene rings is 1. The third-order valence-corrected chi connectivity index (χ3v) is 2.47. The van der Waals surface area contributed by atoms with Gasteiger partial charge in [0, 0.05) is 0 Å². The summed E-state index contributed by atoms with van der Waals surface area (Å²) < 4.78 is 9.53. The van der Waals surface area contributed by atoms with Crippen molar-refractivity contribution in [2.45, 2.75) is 0 Å². The Kier molecular flexibility index (Phi) is 3.51. The van der Waals surface area contributed by atoms with Crippen LogP contribution < -0.4 is 11.1 Å². The third kappa shape index (κ3) is 2.74. The van der Waals surface area contributed by atoms with E-state index in [1.54, 1.807) is 6.07 Å². The molecule has 0 spiro atoms. The largest absolute Gasteiger partial charge is 0.465 e. The van der Waals surface area contributed by atoms with Crippen molar-refractivity contribution in [2.24, 2.45) is 0 Å². The van der Waals surface area contributed by atoms with Gasteiger partial charge in [-0.2, -0.15) is 0 Å². The lowest BCUT2D eigenvalue weighted by atomic mass is 10.1. The maximum absolute atomic E-state index is 11.8. The van der Waals surface area contributed by atoms with Gasteiger partial charge in [0.1, 0.15) is 0 Å². The number of hydrogen-bond acceptors (Lipinski definition) is 5. The minimum Gasteiger partial charge on any atom is -0.465 e. The Balaban J connectivity index is 2.18. The van der Waals surface area contributed by atoms with Crippen molar-refractivity contribution in [1.29, 1.82) is 0 Å². The number of hydrogen-bond donors (Lipinski definition) is 2.